The number of anilines is 4. The third-order valence-electron chi connectivity index (χ3n) is 7.20. The van der Waals surface area contributed by atoms with Gasteiger partial charge in [-0.1, -0.05) is 0 Å². The Morgan fingerprint density at radius 3 is 2.49 bits per heavy atom. The zero-order valence-corrected chi connectivity index (χ0v) is 20.7. The van der Waals surface area contributed by atoms with Crippen LogP contribution in [-0.4, -0.2) is 57.4 Å². The summed E-state index contributed by atoms with van der Waals surface area (Å²) in [6.45, 7) is 9.79. The number of nitrogens with zero attached hydrogens (tertiary/aromatic N) is 4. The summed E-state index contributed by atoms with van der Waals surface area (Å²) in [6.07, 6.45) is 6.08. The van der Waals surface area contributed by atoms with Crippen molar-refractivity contribution >= 4 is 23.3 Å². The number of nitrogens with one attached hydrogen (secondary N) is 3. The number of aromatic nitrogens is 4. The van der Waals surface area contributed by atoms with Crippen molar-refractivity contribution in [1.29, 1.82) is 0 Å². The molecule has 2 aliphatic heterocycles. The Labute approximate surface area is 205 Å². The van der Waals surface area contributed by atoms with E-state index in [1.807, 2.05) is 26.0 Å². The standard InChI is InChI=1S/C26H34FN7O/c1-16-12-23(29-26-28-15-17(2)25(31-26)30-24-13-18(3)32-33-24)22(27)14-21(16)19-4-8-34(9-5-19)20-6-10-35-11-7-20/h12-15,19-20H,4-11H2,1-3H3,(H3,28,29,30,31,32,33). The molecular weight excluding hydrogens is 445 g/mol. The van der Waals surface area contributed by atoms with Crippen molar-refractivity contribution in [2.24, 2.45) is 0 Å². The molecule has 35 heavy (non-hydrogen) atoms. The number of H-pyrrole nitrogens is 1. The van der Waals surface area contributed by atoms with Crippen molar-refractivity contribution in [3.8, 4) is 0 Å². The van der Waals surface area contributed by atoms with Crippen LogP contribution in [-0.2, 0) is 4.74 Å². The first-order valence-corrected chi connectivity index (χ1v) is 12.5. The van der Waals surface area contributed by atoms with E-state index in [1.165, 1.54) is 0 Å². The Morgan fingerprint density at radius 2 is 1.77 bits per heavy atom. The van der Waals surface area contributed by atoms with E-state index in [0.717, 1.165) is 74.4 Å². The molecule has 0 radical (unpaired) electrons. The zero-order chi connectivity index (χ0) is 24.4. The molecule has 3 aromatic rings. The van der Waals surface area contributed by atoms with E-state index in [1.54, 1.807) is 12.3 Å². The zero-order valence-electron chi connectivity index (χ0n) is 20.7. The number of piperidine rings is 1. The molecule has 0 aliphatic carbocycles. The number of rotatable bonds is 6. The Hall–Kier alpha value is -3.04. The SMILES string of the molecule is Cc1cc(Nc2nc(Nc3cc(C)c(C4CCN(C5CCOCC5)CC4)cc3F)ncc2C)n[nH]1. The lowest BCUT2D eigenvalue weighted by Gasteiger charge is -2.39. The number of ether oxygens (including phenoxy) is 1. The quantitative estimate of drug-likeness (QED) is 0.453. The molecule has 2 saturated heterocycles. The first-order valence-electron chi connectivity index (χ1n) is 12.5. The van der Waals surface area contributed by atoms with Gasteiger partial charge in [0.05, 0.1) is 5.69 Å². The van der Waals surface area contributed by atoms with Crippen molar-refractivity contribution in [2.75, 3.05) is 36.9 Å². The molecule has 0 bridgehead atoms. The molecule has 3 N–H and O–H groups in total. The third-order valence-corrected chi connectivity index (χ3v) is 7.20. The summed E-state index contributed by atoms with van der Waals surface area (Å²) in [5, 5.41) is 13.3. The summed E-state index contributed by atoms with van der Waals surface area (Å²) < 4.78 is 20.7. The van der Waals surface area contributed by atoms with Crippen LogP contribution in [0.25, 0.3) is 0 Å². The normalized spacial score (nSPS) is 18.1. The summed E-state index contributed by atoms with van der Waals surface area (Å²) in [4.78, 5) is 11.5. The van der Waals surface area contributed by atoms with Gasteiger partial charge in [0.1, 0.15) is 11.6 Å². The minimum Gasteiger partial charge on any atom is -0.381 e. The molecule has 8 nitrogen and oxygen atoms in total. The lowest BCUT2D eigenvalue weighted by molar-refractivity contribution is 0.0251. The highest BCUT2D eigenvalue weighted by atomic mass is 19.1. The van der Waals surface area contributed by atoms with Gasteiger partial charge in [-0.2, -0.15) is 10.1 Å². The molecule has 0 saturated carbocycles. The van der Waals surface area contributed by atoms with E-state index in [0.29, 0.717) is 35.2 Å². The van der Waals surface area contributed by atoms with Crippen LogP contribution in [0.3, 0.4) is 0 Å². The Kier molecular flexibility index (Phi) is 6.97. The van der Waals surface area contributed by atoms with Gasteiger partial charge in [0, 0.05) is 42.8 Å². The maximum Gasteiger partial charge on any atom is 0.229 e. The number of benzene rings is 1. The highest BCUT2D eigenvalue weighted by molar-refractivity contribution is 5.61. The van der Waals surface area contributed by atoms with Gasteiger partial charge < -0.3 is 20.3 Å². The van der Waals surface area contributed by atoms with Crippen LogP contribution in [0, 0.1) is 26.6 Å². The molecule has 2 fully saturated rings. The highest BCUT2D eigenvalue weighted by Crippen LogP contribution is 2.35. The number of hydrogen-bond acceptors (Lipinski definition) is 7. The molecule has 1 aromatic carbocycles. The number of hydrogen-bond donors (Lipinski definition) is 3. The summed E-state index contributed by atoms with van der Waals surface area (Å²) in [5.74, 6) is 1.74. The average molecular weight is 480 g/mol. The van der Waals surface area contributed by atoms with E-state index in [2.05, 4.69) is 42.6 Å². The molecule has 0 atom stereocenters. The number of aromatic amines is 1. The first-order chi connectivity index (χ1) is 17.0. The summed E-state index contributed by atoms with van der Waals surface area (Å²) in [7, 11) is 0. The molecule has 0 spiro atoms. The van der Waals surface area contributed by atoms with E-state index >= 15 is 4.39 Å². The van der Waals surface area contributed by atoms with Gasteiger partial charge in [0.2, 0.25) is 5.95 Å². The molecule has 186 valence electrons. The minimum atomic E-state index is -0.279. The summed E-state index contributed by atoms with van der Waals surface area (Å²) >= 11 is 0. The Balaban J connectivity index is 1.26. The second-order valence-corrected chi connectivity index (χ2v) is 9.75. The first kappa shape index (κ1) is 23.7. The van der Waals surface area contributed by atoms with Crippen molar-refractivity contribution in [3.05, 3.63) is 52.6 Å². The van der Waals surface area contributed by atoms with Crippen LogP contribution in [0.1, 0.15) is 54.0 Å². The van der Waals surface area contributed by atoms with Crippen LogP contribution in [0.5, 0.6) is 0 Å². The van der Waals surface area contributed by atoms with Crippen LogP contribution >= 0.6 is 0 Å². The number of likely N-dealkylation sites (tertiary alicyclic amines) is 1. The van der Waals surface area contributed by atoms with E-state index in [-0.39, 0.29) is 5.82 Å². The van der Waals surface area contributed by atoms with Gasteiger partial charge in [-0.15, -0.1) is 0 Å². The van der Waals surface area contributed by atoms with Crippen LogP contribution in [0.4, 0.5) is 27.7 Å². The number of aryl methyl sites for hydroxylation is 3. The van der Waals surface area contributed by atoms with Gasteiger partial charge in [0.25, 0.3) is 0 Å². The van der Waals surface area contributed by atoms with Crippen molar-refractivity contribution in [2.45, 2.75) is 58.4 Å². The third kappa shape index (κ3) is 5.46. The predicted molar refractivity (Wildman–Crippen MR) is 135 cm³/mol. The van der Waals surface area contributed by atoms with Gasteiger partial charge in [-0.05, 0) is 88.7 Å². The predicted octanol–water partition coefficient (Wildman–Crippen LogP) is 5.11. The molecule has 0 amide bonds. The largest absolute Gasteiger partial charge is 0.381 e. The maximum absolute atomic E-state index is 15.2. The molecule has 5 rings (SSSR count). The molecule has 9 heteroatoms. The summed E-state index contributed by atoms with van der Waals surface area (Å²) in [6, 6.07) is 6.11. The van der Waals surface area contributed by atoms with Crippen molar-refractivity contribution < 1.29 is 9.13 Å². The van der Waals surface area contributed by atoms with E-state index in [9.17, 15) is 0 Å². The second-order valence-electron chi connectivity index (χ2n) is 9.75. The fraction of sp³-hybridized carbons (Fsp3) is 0.500. The highest BCUT2D eigenvalue weighted by Gasteiger charge is 2.28. The van der Waals surface area contributed by atoms with Gasteiger partial charge in [0.15, 0.2) is 5.82 Å². The van der Waals surface area contributed by atoms with Crippen LogP contribution < -0.4 is 10.6 Å². The smallest absolute Gasteiger partial charge is 0.229 e. The second kappa shape index (κ2) is 10.3. The number of halogens is 1. The lowest BCUT2D eigenvalue weighted by Crippen LogP contribution is -2.43. The monoisotopic (exact) mass is 479 g/mol. The maximum atomic E-state index is 15.2. The van der Waals surface area contributed by atoms with Gasteiger partial charge in [-0.3, -0.25) is 5.10 Å². The fourth-order valence-electron chi connectivity index (χ4n) is 5.21. The fourth-order valence-corrected chi connectivity index (χ4v) is 5.21. The van der Waals surface area contributed by atoms with E-state index < -0.39 is 0 Å². The lowest BCUT2D eigenvalue weighted by atomic mass is 9.85. The van der Waals surface area contributed by atoms with Gasteiger partial charge >= 0.3 is 0 Å². The minimum absolute atomic E-state index is 0.279. The Bertz CT molecular complexity index is 1170. The Morgan fingerprint density at radius 1 is 1.00 bits per heavy atom. The van der Waals surface area contributed by atoms with Crippen LogP contribution in [0.15, 0.2) is 24.4 Å². The molecule has 0 unspecified atom stereocenters. The molecule has 4 heterocycles. The van der Waals surface area contributed by atoms with Crippen molar-refractivity contribution in [1.82, 2.24) is 25.1 Å². The molecule has 2 aromatic heterocycles. The van der Waals surface area contributed by atoms with Gasteiger partial charge in [-0.25, -0.2) is 9.37 Å². The topological polar surface area (TPSA) is 91.0 Å². The average Bonchev–Trinajstić information content (AvgIpc) is 3.28. The van der Waals surface area contributed by atoms with E-state index in [4.69, 9.17) is 4.74 Å². The van der Waals surface area contributed by atoms with Crippen LogP contribution in [0.2, 0.25) is 0 Å². The molecule has 2 aliphatic rings. The molecular formula is C26H34FN7O. The summed E-state index contributed by atoms with van der Waals surface area (Å²) in [5.41, 5.74) is 4.41. The van der Waals surface area contributed by atoms with Crippen molar-refractivity contribution in [3.63, 3.8) is 0 Å².